The highest BCUT2D eigenvalue weighted by molar-refractivity contribution is 7.87. The van der Waals surface area contributed by atoms with Crippen LogP contribution in [0.3, 0.4) is 0 Å². The lowest BCUT2D eigenvalue weighted by Crippen LogP contribution is -2.35. The van der Waals surface area contributed by atoms with Gasteiger partial charge in [-0.2, -0.15) is 8.42 Å². The lowest BCUT2D eigenvalue weighted by Gasteiger charge is -2.25. The van der Waals surface area contributed by atoms with Gasteiger partial charge in [-0.15, -0.1) is 0 Å². The van der Waals surface area contributed by atoms with Crippen LogP contribution < -0.4 is 0 Å². The molecule has 0 aliphatic carbocycles. The van der Waals surface area contributed by atoms with Crippen LogP contribution in [-0.2, 0) is 10.1 Å². The van der Waals surface area contributed by atoms with Crippen LogP contribution in [0.1, 0.15) is 32.6 Å². The third kappa shape index (κ3) is 3.91. The summed E-state index contributed by atoms with van der Waals surface area (Å²) in [4.78, 5) is 0. The summed E-state index contributed by atoms with van der Waals surface area (Å²) < 4.78 is 29.9. The van der Waals surface area contributed by atoms with E-state index in [1.54, 1.807) is 0 Å². The Balaban J connectivity index is 4.50. The van der Waals surface area contributed by atoms with Gasteiger partial charge in [-0.1, -0.05) is 0 Å². The molecule has 0 aliphatic rings. The SMILES string of the molecule is CC(CCCO)(CCCO)S(=O)(=O)O. The van der Waals surface area contributed by atoms with E-state index in [2.05, 4.69) is 0 Å². The molecule has 0 saturated heterocycles. The topological polar surface area (TPSA) is 94.8 Å². The molecule has 0 radical (unpaired) electrons. The Hall–Kier alpha value is -0.170. The van der Waals surface area contributed by atoms with E-state index in [9.17, 15) is 8.42 Å². The van der Waals surface area contributed by atoms with Crippen molar-refractivity contribution in [3.05, 3.63) is 0 Å². The lowest BCUT2D eigenvalue weighted by molar-refractivity contribution is 0.255. The van der Waals surface area contributed by atoms with Crippen LogP contribution in [0.5, 0.6) is 0 Å². The van der Waals surface area contributed by atoms with Crippen LogP contribution in [-0.4, -0.2) is 41.1 Å². The van der Waals surface area contributed by atoms with Crippen LogP contribution in [0.15, 0.2) is 0 Å². The molecule has 0 aromatic heterocycles. The second kappa shape index (κ2) is 5.65. The smallest absolute Gasteiger partial charge is 0.270 e. The van der Waals surface area contributed by atoms with Crippen molar-refractivity contribution in [3.8, 4) is 0 Å². The van der Waals surface area contributed by atoms with Crippen molar-refractivity contribution < 1.29 is 23.2 Å². The molecule has 0 spiro atoms. The highest BCUT2D eigenvalue weighted by Gasteiger charge is 2.36. The van der Waals surface area contributed by atoms with E-state index < -0.39 is 14.9 Å². The van der Waals surface area contributed by atoms with Crippen LogP contribution >= 0.6 is 0 Å². The Kier molecular flexibility index (Phi) is 5.58. The molecule has 5 nitrogen and oxygen atoms in total. The fourth-order valence-electron chi connectivity index (χ4n) is 1.29. The zero-order valence-corrected chi connectivity index (χ0v) is 9.13. The van der Waals surface area contributed by atoms with Crippen molar-refractivity contribution in [2.75, 3.05) is 13.2 Å². The summed E-state index contributed by atoms with van der Waals surface area (Å²) in [6, 6.07) is 0. The summed E-state index contributed by atoms with van der Waals surface area (Å²) in [5.41, 5.74) is 0. The molecule has 14 heavy (non-hydrogen) atoms. The van der Waals surface area contributed by atoms with Crippen molar-refractivity contribution in [2.45, 2.75) is 37.4 Å². The third-order valence-electron chi connectivity index (χ3n) is 2.35. The van der Waals surface area contributed by atoms with E-state index in [-0.39, 0.29) is 26.1 Å². The average molecular weight is 226 g/mol. The molecule has 3 N–H and O–H groups in total. The number of hydrogen-bond acceptors (Lipinski definition) is 4. The Morgan fingerprint density at radius 1 is 1.07 bits per heavy atom. The van der Waals surface area contributed by atoms with Gasteiger partial charge in [0.1, 0.15) is 0 Å². The van der Waals surface area contributed by atoms with Gasteiger partial charge in [-0.25, -0.2) is 0 Å². The number of rotatable bonds is 7. The summed E-state index contributed by atoms with van der Waals surface area (Å²) in [6.45, 7) is 1.21. The second-order valence-electron chi connectivity index (χ2n) is 3.58. The molecule has 0 fully saturated rings. The molecule has 0 amide bonds. The van der Waals surface area contributed by atoms with Crippen molar-refractivity contribution in [1.82, 2.24) is 0 Å². The molecule has 0 atom stereocenters. The fourth-order valence-corrected chi connectivity index (χ4v) is 2.09. The van der Waals surface area contributed by atoms with Gasteiger partial charge < -0.3 is 10.2 Å². The predicted molar refractivity (Wildman–Crippen MR) is 52.6 cm³/mol. The van der Waals surface area contributed by atoms with E-state index in [1.165, 1.54) is 6.92 Å². The number of aliphatic hydroxyl groups is 2. The Morgan fingerprint density at radius 2 is 1.43 bits per heavy atom. The van der Waals surface area contributed by atoms with Crippen LogP contribution in [0.25, 0.3) is 0 Å². The maximum absolute atomic E-state index is 11.1. The molecule has 6 heteroatoms. The van der Waals surface area contributed by atoms with Crippen LogP contribution in [0, 0.1) is 0 Å². The summed E-state index contributed by atoms with van der Waals surface area (Å²) in [5.74, 6) is 0. The summed E-state index contributed by atoms with van der Waals surface area (Å²) >= 11 is 0. The minimum absolute atomic E-state index is 0.107. The normalized spacial score (nSPS) is 13.1. The van der Waals surface area contributed by atoms with Crippen molar-refractivity contribution in [2.24, 2.45) is 0 Å². The first-order valence-electron chi connectivity index (χ1n) is 4.56. The monoisotopic (exact) mass is 226 g/mol. The Morgan fingerprint density at radius 3 is 1.64 bits per heavy atom. The highest BCUT2D eigenvalue weighted by atomic mass is 32.2. The largest absolute Gasteiger partial charge is 0.396 e. The van der Waals surface area contributed by atoms with Gasteiger partial charge in [0, 0.05) is 13.2 Å². The highest BCUT2D eigenvalue weighted by Crippen LogP contribution is 2.27. The maximum atomic E-state index is 11.1. The fraction of sp³-hybridized carbons (Fsp3) is 1.00. The Bertz CT molecular complexity index is 238. The van der Waals surface area contributed by atoms with Gasteiger partial charge in [0.2, 0.25) is 0 Å². The van der Waals surface area contributed by atoms with Crippen molar-refractivity contribution >= 4 is 10.1 Å². The molecule has 0 rings (SSSR count). The van der Waals surface area contributed by atoms with Gasteiger partial charge in [0.25, 0.3) is 10.1 Å². The van der Waals surface area contributed by atoms with Gasteiger partial charge in [-0.3, -0.25) is 4.55 Å². The van der Waals surface area contributed by atoms with Gasteiger partial charge in [-0.05, 0) is 32.6 Å². The number of hydrogen-bond donors (Lipinski definition) is 3. The first-order valence-corrected chi connectivity index (χ1v) is 6.00. The first kappa shape index (κ1) is 13.8. The van der Waals surface area contributed by atoms with E-state index in [0.29, 0.717) is 12.8 Å². The van der Waals surface area contributed by atoms with Gasteiger partial charge in [0.15, 0.2) is 0 Å². The van der Waals surface area contributed by atoms with Crippen molar-refractivity contribution in [3.63, 3.8) is 0 Å². The molecular formula is C8H18O5S. The maximum Gasteiger partial charge on any atom is 0.270 e. The molecular weight excluding hydrogens is 208 g/mol. The molecule has 0 aromatic carbocycles. The number of aliphatic hydroxyl groups excluding tert-OH is 2. The minimum atomic E-state index is -4.13. The molecule has 0 saturated carbocycles. The summed E-state index contributed by atoms with van der Waals surface area (Å²) in [5, 5.41) is 17.2. The molecule has 0 bridgehead atoms. The zero-order valence-electron chi connectivity index (χ0n) is 8.31. The lowest BCUT2D eigenvalue weighted by atomic mass is 9.99. The van der Waals surface area contributed by atoms with E-state index in [4.69, 9.17) is 14.8 Å². The predicted octanol–water partition coefficient (Wildman–Crippen LogP) is 0.178. The molecule has 86 valence electrons. The van der Waals surface area contributed by atoms with E-state index >= 15 is 0 Å². The molecule has 0 unspecified atom stereocenters. The standard InChI is InChI=1S/C8H18O5S/c1-8(4-2-6-9,5-3-7-10)14(11,12)13/h9-10H,2-7H2,1H3,(H,11,12,13). The minimum Gasteiger partial charge on any atom is -0.396 e. The molecule has 0 heterocycles. The van der Waals surface area contributed by atoms with Crippen LogP contribution in [0.4, 0.5) is 0 Å². The van der Waals surface area contributed by atoms with E-state index in [1.807, 2.05) is 0 Å². The first-order chi connectivity index (χ1) is 6.37. The Labute approximate surface area is 84.5 Å². The van der Waals surface area contributed by atoms with Gasteiger partial charge >= 0.3 is 0 Å². The molecule has 0 aromatic rings. The summed E-state index contributed by atoms with van der Waals surface area (Å²) in [6.07, 6.45) is 1.04. The summed E-state index contributed by atoms with van der Waals surface area (Å²) in [7, 11) is -4.13. The zero-order chi connectivity index (χ0) is 11.2. The van der Waals surface area contributed by atoms with E-state index in [0.717, 1.165) is 0 Å². The van der Waals surface area contributed by atoms with Crippen molar-refractivity contribution in [1.29, 1.82) is 0 Å². The van der Waals surface area contributed by atoms with Gasteiger partial charge in [0.05, 0.1) is 4.75 Å². The second-order valence-corrected chi connectivity index (χ2v) is 5.52. The third-order valence-corrected chi connectivity index (χ3v) is 4.00. The average Bonchev–Trinajstić information content (AvgIpc) is 2.09. The van der Waals surface area contributed by atoms with Crippen LogP contribution in [0.2, 0.25) is 0 Å². The molecule has 0 aliphatic heterocycles. The quantitative estimate of drug-likeness (QED) is 0.538.